The van der Waals surface area contributed by atoms with Gasteiger partial charge in [0.25, 0.3) is 0 Å². The molecule has 0 radical (unpaired) electrons. The third kappa shape index (κ3) is 3.82. The Balaban J connectivity index is 2.05. The van der Waals surface area contributed by atoms with Crippen molar-refractivity contribution in [2.24, 2.45) is 0 Å². The second kappa shape index (κ2) is 6.87. The normalized spacial score (nSPS) is 12.0. The topological polar surface area (TPSA) is 29.1 Å². The Hall–Kier alpha value is -1.95. The highest BCUT2D eigenvalue weighted by Crippen LogP contribution is 2.25. The summed E-state index contributed by atoms with van der Waals surface area (Å²) in [6.07, 6.45) is 0. The Morgan fingerprint density at radius 3 is 2.32 bits per heavy atom. The molecule has 2 aromatic rings. The van der Waals surface area contributed by atoms with Crippen LogP contribution in [-0.4, -0.2) is 11.2 Å². The van der Waals surface area contributed by atoms with Gasteiger partial charge in [0.1, 0.15) is 0 Å². The molecule has 22 heavy (non-hydrogen) atoms. The minimum Gasteiger partial charge on any atom is -0.323 e. The van der Waals surface area contributed by atoms with E-state index in [0.717, 1.165) is 22.6 Å². The lowest BCUT2D eigenvalue weighted by atomic mass is 10.2. The summed E-state index contributed by atoms with van der Waals surface area (Å²) in [6.45, 7) is 3.61. The zero-order chi connectivity index (χ0) is 16.3. The number of benzene rings is 2. The number of thioether (sulfide) groups is 1. The molecule has 0 bridgehead atoms. The van der Waals surface area contributed by atoms with Gasteiger partial charge in [-0.2, -0.15) is 0 Å². The number of carbonyl (C=O) groups is 1. The van der Waals surface area contributed by atoms with E-state index in [-0.39, 0.29) is 5.69 Å². The van der Waals surface area contributed by atoms with Crippen molar-refractivity contribution in [1.29, 1.82) is 0 Å². The molecule has 0 aliphatic rings. The van der Waals surface area contributed by atoms with Crippen LogP contribution in [-0.2, 0) is 4.79 Å². The molecule has 116 valence electrons. The monoisotopic (exact) mass is 325 g/mol. The van der Waals surface area contributed by atoms with Crippen molar-refractivity contribution in [3.05, 3.63) is 59.4 Å². The van der Waals surface area contributed by atoms with Crippen LogP contribution in [0.5, 0.6) is 0 Å². The zero-order valence-corrected chi connectivity index (χ0v) is 12.8. The lowest BCUT2D eigenvalue weighted by Crippen LogP contribution is -2.23. The van der Waals surface area contributed by atoms with Gasteiger partial charge in [-0.15, -0.1) is 11.8 Å². The van der Waals surface area contributed by atoms with Crippen LogP contribution in [0, 0.1) is 24.4 Å². The SMILES string of the molecule is Cc1ccc(SC(C)C(=O)Nc2ccc(F)c(F)c2F)cc1. The smallest absolute Gasteiger partial charge is 0.237 e. The summed E-state index contributed by atoms with van der Waals surface area (Å²) in [5, 5.41) is 1.75. The number of halogens is 3. The summed E-state index contributed by atoms with van der Waals surface area (Å²) in [5.74, 6) is -4.79. The van der Waals surface area contributed by atoms with Gasteiger partial charge in [0, 0.05) is 4.90 Å². The first-order valence-electron chi connectivity index (χ1n) is 6.56. The van der Waals surface area contributed by atoms with Crippen molar-refractivity contribution < 1.29 is 18.0 Å². The molecule has 0 saturated heterocycles. The molecular weight excluding hydrogens is 311 g/mol. The maximum atomic E-state index is 13.5. The number of anilines is 1. The number of rotatable bonds is 4. The molecule has 1 amide bonds. The lowest BCUT2D eigenvalue weighted by molar-refractivity contribution is -0.115. The fourth-order valence-electron chi connectivity index (χ4n) is 1.73. The first-order valence-corrected chi connectivity index (χ1v) is 7.44. The molecule has 0 saturated carbocycles. The van der Waals surface area contributed by atoms with Crippen LogP contribution in [0.15, 0.2) is 41.3 Å². The highest BCUT2D eigenvalue weighted by Gasteiger charge is 2.19. The predicted octanol–water partition coefficient (Wildman–Crippen LogP) is 4.53. The molecule has 0 aromatic heterocycles. The average Bonchev–Trinajstić information content (AvgIpc) is 2.50. The number of nitrogens with one attached hydrogen (secondary N) is 1. The third-order valence-corrected chi connectivity index (χ3v) is 4.11. The number of hydrogen-bond acceptors (Lipinski definition) is 2. The first-order chi connectivity index (χ1) is 10.4. The van der Waals surface area contributed by atoms with Gasteiger partial charge < -0.3 is 5.32 Å². The number of hydrogen-bond donors (Lipinski definition) is 1. The highest BCUT2D eigenvalue weighted by atomic mass is 32.2. The molecule has 2 nitrogen and oxygen atoms in total. The van der Waals surface area contributed by atoms with Crippen molar-refractivity contribution in [1.82, 2.24) is 0 Å². The summed E-state index contributed by atoms with van der Waals surface area (Å²) in [6, 6.07) is 9.36. The number of carbonyl (C=O) groups excluding carboxylic acids is 1. The van der Waals surface area contributed by atoms with Crippen LogP contribution in [0.1, 0.15) is 12.5 Å². The van der Waals surface area contributed by atoms with Crippen LogP contribution in [0.25, 0.3) is 0 Å². The third-order valence-electron chi connectivity index (χ3n) is 3.00. The zero-order valence-electron chi connectivity index (χ0n) is 12.0. The second-order valence-electron chi connectivity index (χ2n) is 4.79. The van der Waals surface area contributed by atoms with Crippen LogP contribution in [0.4, 0.5) is 18.9 Å². The summed E-state index contributed by atoms with van der Waals surface area (Å²) in [5.41, 5.74) is 0.727. The number of aryl methyl sites for hydroxylation is 1. The van der Waals surface area contributed by atoms with Crippen molar-refractivity contribution in [2.45, 2.75) is 24.0 Å². The van der Waals surface area contributed by atoms with E-state index in [1.54, 1.807) is 6.92 Å². The van der Waals surface area contributed by atoms with Gasteiger partial charge in [0.15, 0.2) is 17.5 Å². The van der Waals surface area contributed by atoms with Gasteiger partial charge >= 0.3 is 0 Å². The second-order valence-corrected chi connectivity index (χ2v) is 6.20. The predicted molar refractivity (Wildman–Crippen MR) is 81.4 cm³/mol. The highest BCUT2D eigenvalue weighted by molar-refractivity contribution is 8.00. The molecule has 1 unspecified atom stereocenters. The van der Waals surface area contributed by atoms with E-state index >= 15 is 0 Å². The van der Waals surface area contributed by atoms with Gasteiger partial charge in [0.2, 0.25) is 5.91 Å². The van der Waals surface area contributed by atoms with E-state index in [0.29, 0.717) is 0 Å². The standard InChI is InChI=1S/C16H14F3NOS/c1-9-3-5-11(6-4-9)22-10(2)16(21)20-13-8-7-12(17)14(18)15(13)19/h3-8,10H,1-2H3,(H,20,21). The molecule has 2 aromatic carbocycles. The Morgan fingerprint density at radius 1 is 1.05 bits per heavy atom. The van der Waals surface area contributed by atoms with E-state index in [1.807, 2.05) is 31.2 Å². The molecule has 0 fully saturated rings. The average molecular weight is 325 g/mol. The molecule has 1 N–H and O–H groups in total. The molecule has 1 atom stereocenters. The molecule has 0 aliphatic heterocycles. The fraction of sp³-hybridized carbons (Fsp3) is 0.188. The van der Waals surface area contributed by atoms with Crippen LogP contribution >= 0.6 is 11.8 Å². The minimum absolute atomic E-state index is 0.375. The Labute approximate surface area is 130 Å². The summed E-state index contributed by atoms with van der Waals surface area (Å²) >= 11 is 1.29. The van der Waals surface area contributed by atoms with Crippen molar-refractivity contribution in [3.63, 3.8) is 0 Å². The summed E-state index contributed by atoms with van der Waals surface area (Å²) < 4.78 is 39.5. The van der Waals surface area contributed by atoms with Crippen molar-refractivity contribution in [2.75, 3.05) is 5.32 Å². The Kier molecular flexibility index (Phi) is 5.13. The molecule has 6 heteroatoms. The van der Waals surface area contributed by atoms with E-state index in [2.05, 4.69) is 5.32 Å². The lowest BCUT2D eigenvalue weighted by Gasteiger charge is -2.13. The van der Waals surface area contributed by atoms with Gasteiger partial charge in [-0.3, -0.25) is 4.79 Å². The van der Waals surface area contributed by atoms with Gasteiger partial charge in [-0.1, -0.05) is 17.7 Å². The molecule has 0 spiro atoms. The first kappa shape index (κ1) is 16.4. The maximum Gasteiger partial charge on any atom is 0.237 e. The van der Waals surface area contributed by atoms with Crippen LogP contribution in [0.2, 0.25) is 0 Å². The van der Waals surface area contributed by atoms with Gasteiger partial charge in [0.05, 0.1) is 10.9 Å². The molecular formula is C16H14F3NOS. The summed E-state index contributed by atoms with van der Waals surface area (Å²) in [7, 11) is 0. The van der Waals surface area contributed by atoms with E-state index in [1.165, 1.54) is 11.8 Å². The van der Waals surface area contributed by atoms with Gasteiger partial charge in [-0.25, -0.2) is 13.2 Å². The van der Waals surface area contributed by atoms with E-state index in [9.17, 15) is 18.0 Å². The van der Waals surface area contributed by atoms with Crippen molar-refractivity contribution in [3.8, 4) is 0 Å². The van der Waals surface area contributed by atoms with Gasteiger partial charge in [-0.05, 0) is 38.1 Å². The Morgan fingerprint density at radius 2 is 1.68 bits per heavy atom. The summed E-state index contributed by atoms with van der Waals surface area (Å²) in [4.78, 5) is 12.9. The minimum atomic E-state index is -1.60. The van der Waals surface area contributed by atoms with Crippen molar-refractivity contribution >= 4 is 23.4 Å². The molecule has 0 heterocycles. The molecule has 0 aliphatic carbocycles. The number of amides is 1. The van der Waals surface area contributed by atoms with Crippen LogP contribution < -0.4 is 5.32 Å². The Bertz CT molecular complexity index is 689. The largest absolute Gasteiger partial charge is 0.323 e. The van der Waals surface area contributed by atoms with E-state index < -0.39 is 28.6 Å². The van der Waals surface area contributed by atoms with E-state index in [4.69, 9.17) is 0 Å². The fourth-order valence-corrected chi connectivity index (χ4v) is 2.60. The quantitative estimate of drug-likeness (QED) is 0.661. The van der Waals surface area contributed by atoms with Crippen LogP contribution in [0.3, 0.4) is 0 Å². The molecule has 2 rings (SSSR count). The maximum absolute atomic E-state index is 13.5.